The van der Waals surface area contributed by atoms with Gasteiger partial charge in [0, 0.05) is 24.5 Å². The zero-order valence-corrected chi connectivity index (χ0v) is 16.8. The summed E-state index contributed by atoms with van der Waals surface area (Å²) in [4.78, 5) is 20.5. The zero-order chi connectivity index (χ0) is 21.3. The molecule has 0 saturated heterocycles. The molecule has 0 bridgehead atoms. The molecule has 154 valence electrons. The van der Waals surface area contributed by atoms with Crippen molar-refractivity contribution in [2.75, 3.05) is 10.6 Å². The van der Waals surface area contributed by atoms with Gasteiger partial charge in [0.2, 0.25) is 0 Å². The van der Waals surface area contributed by atoms with E-state index >= 15 is 0 Å². The van der Waals surface area contributed by atoms with Gasteiger partial charge in [0.15, 0.2) is 17.3 Å². The maximum absolute atomic E-state index is 14.5. The fraction of sp³-hybridized carbons (Fsp3) is 0.368. The van der Waals surface area contributed by atoms with Crippen molar-refractivity contribution in [1.29, 1.82) is 0 Å². The first kappa shape index (κ1) is 20.5. The molecule has 0 aromatic carbocycles. The minimum atomic E-state index is -0.795. The Morgan fingerprint density at radius 1 is 1.34 bits per heavy atom. The van der Waals surface area contributed by atoms with Gasteiger partial charge >= 0.3 is 0 Å². The standard InChI is InChI=1S/C19H25FN8O/c1-5-15(9(2)21)25-18-14(20)7-13(16(22)29)17(26-18)24-11-6-12-10(3)27-28(4)19(12)23-8-11/h6-9,15H,5,21H2,1-4H3,(H2,22,29)(H2,24,25,26)/t9-,15+/m0/s1. The summed E-state index contributed by atoms with van der Waals surface area (Å²) >= 11 is 0. The number of pyridine rings is 2. The monoisotopic (exact) mass is 400 g/mol. The fourth-order valence-electron chi connectivity index (χ4n) is 3.17. The molecule has 1 amide bonds. The molecule has 29 heavy (non-hydrogen) atoms. The Morgan fingerprint density at radius 2 is 2.07 bits per heavy atom. The molecule has 0 saturated carbocycles. The molecule has 3 aromatic rings. The van der Waals surface area contributed by atoms with E-state index in [1.54, 1.807) is 10.9 Å². The number of anilines is 3. The highest BCUT2D eigenvalue weighted by molar-refractivity contribution is 5.98. The molecule has 0 aliphatic carbocycles. The number of primary amides is 1. The predicted octanol–water partition coefficient (Wildman–Crippen LogP) is 2.19. The van der Waals surface area contributed by atoms with Gasteiger partial charge in [-0.3, -0.25) is 9.48 Å². The first-order chi connectivity index (χ1) is 13.7. The van der Waals surface area contributed by atoms with Gasteiger partial charge in [-0.2, -0.15) is 5.10 Å². The van der Waals surface area contributed by atoms with E-state index in [2.05, 4.69) is 25.7 Å². The Hall–Kier alpha value is -3.27. The number of halogens is 1. The normalized spacial score (nSPS) is 13.3. The highest BCUT2D eigenvalue weighted by Gasteiger charge is 2.20. The third-order valence-corrected chi connectivity index (χ3v) is 4.76. The van der Waals surface area contributed by atoms with Crippen molar-refractivity contribution in [2.24, 2.45) is 18.5 Å². The molecule has 0 aliphatic rings. The Kier molecular flexibility index (Phi) is 5.64. The topological polar surface area (TPSA) is 137 Å². The summed E-state index contributed by atoms with van der Waals surface area (Å²) in [7, 11) is 1.81. The SMILES string of the molecule is CC[C@@H](Nc1nc(Nc2cnc3c(c2)c(C)nn3C)c(C(N)=O)cc1F)[C@H](C)N. The van der Waals surface area contributed by atoms with E-state index < -0.39 is 11.7 Å². The van der Waals surface area contributed by atoms with E-state index in [0.29, 0.717) is 12.1 Å². The lowest BCUT2D eigenvalue weighted by Crippen LogP contribution is -2.38. The number of aryl methyl sites for hydroxylation is 2. The first-order valence-corrected chi connectivity index (χ1v) is 9.30. The van der Waals surface area contributed by atoms with E-state index in [1.807, 2.05) is 33.9 Å². The number of carbonyl (C=O) groups is 1. The van der Waals surface area contributed by atoms with Crippen LogP contribution in [0.1, 0.15) is 36.3 Å². The van der Waals surface area contributed by atoms with Crippen LogP contribution in [0.4, 0.5) is 21.7 Å². The molecule has 6 N–H and O–H groups in total. The molecule has 3 rings (SSSR count). The van der Waals surface area contributed by atoms with Crippen molar-refractivity contribution in [1.82, 2.24) is 19.7 Å². The van der Waals surface area contributed by atoms with E-state index in [9.17, 15) is 9.18 Å². The minimum absolute atomic E-state index is 0.00625. The van der Waals surface area contributed by atoms with E-state index in [0.717, 1.165) is 22.8 Å². The van der Waals surface area contributed by atoms with E-state index in [-0.39, 0.29) is 29.3 Å². The lowest BCUT2D eigenvalue weighted by Gasteiger charge is -2.22. The van der Waals surface area contributed by atoms with Gasteiger partial charge < -0.3 is 22.1 Å². The number of aromatic nitrogens is 4. The summed E-state index contributed by atoms with van der Waals surface area (Å²) in [5, 5.41) is 11.2. The van der Waals surface area contributed by atoms with Gasteiger partial charge in [0.05, 0.1) is 23.1 Å². The summed E-state index contributed by atoms with van der Waals surface area (Å²) < 4.78 is 16.2. The van der Waals surface area contributed by atoms with E-state index in [4.69, 9.17) is 11.5 Å². The van der Waals surface area contributed by atoms with Crippen LogP contribution < -0.4 is 22.1 Å². The number of carbonyl (C=O) groups excluding carboxylic acids is 1. The van der Waals surface area contributed by atoms with Crippen molar-refractivity contribution in [3.63, 3.8) is 0 Å². The summed E-state index contributed by atoms with van der Waals surface area (Å²) in [6.07, 6.45) is 2.27. The van der Waals surface area contributed by atoms with Gasteiger partial charge in [0.1, 0.15) is 5.82 Å². The summed E-state index contributed by atoms with van der Waals surface area (Å²) in [5.41, 5.74) is 13.4. The lowest BCUT2D eigenvalue weighted by molar-refractivity contribution is 0.100. The number of nitrogens with one attached hydrogen (secondary N) is 2. The number of nitrogens with two attached hydrogens (primary N) is 2. The molecule has 2 atom stereocenters. The smallest absolute Gasteiger partial charge is 0.252 e. The van der Waals surface area contributed by atoms with Crippen molar-refractivity contribution < 1.29 is 9.18 Å². The lowest BCUT2D eigenvalue weighted by atomic mass is 10.1. The quantitative estimate of drug-likeness (QED) is 0.477. The number of fused-ring (bicyclic) bond motifs is 1. The van der Waals surface area contributed by atoms with Crippen molar-refractivity contribution in [2.45, 2.75) is 39.3 Å². The molecule has 9 nitrogen and oxygen atoms in total. The van der Waals surface area contributed by atoms with Crippen LogP contribution in [-0.4, -0.2) is 37.7 Å². The third-order valence-electron chi connectivity index (χ3n) is 4.76. The van der Waals surface area contributed by atoms with Crippen LogP contribution >= 0.6 is 0 Å². The van der Waals surface area contributed by atoms with Crippen LogP contribution in [0.5, 0.6) is 0 Å². The summed E-state index contributed by atoms with van der Waals surface area (Å²) in [6.45, 7) is 5.64. The second-order valence-corrected chi connectivity index (χ2v) is 7.03. The Balaban J connectivity index is 2.01. The maximum atomic E-state index is 14.5. The molecule has 0 fully saturated rings. The van der Waals surface area contributed by atoms with Gasteiger partial charge in [-0.1, -0.05) is 6.92 Å². The summed E-state index contributed by atoms with van der Waals surface area (Å²) in [5.74, 6) is -1.35. The number of hydrogen-bond donors (Lipinski definition) is 4. The number of nitrogens with zero attached hydrogens (tertiary/aromatic N) is 4. The molecule has 0 unspecified atom stereocenters. The Bertz CT molecular complexity index is 1060. The Labute approximate surface area is 167 Å². The second kappa shape index (κ2) is 8.00. The van der Waals surface area contributed by atoms with Gasteiger partial charge in [-0.25, -0.2) is 14.4 Å². The first-order valence-electron chi connectivity index (χ1n) is 9.30. The van der Waals surface area contributed by atoms with Gasteiger partial charge in [0.25, 0.3) is 5.91 Å². The number of hydrogen-bond acceptors (Lipinski definition) is 7. The number of rotatable bonds is 7. The van der Waals surface area contributed by atoms with Crippen LogP contribution in [0.3, 0.4) is 0 Å². The largest absolute Gasteiger partial charge is 0.365 e. The number of amides is 1. The van der Waals surface area contributed by atoms with Crippen LogP contribution in [-0.2, 0) is 7.05 Å². The van der Waals surface area contributed by atoms with Crippen LogP contribution in [0.25, 0.3) is 11.0 Å². The molecule has 3 heterocycles. The van der Waals surface area contributed by atoms with Crippen LogP contribution in [0, 0.1) is 12.7 Å². The average Bonchev–Trinajstić information content (AvgIpc) is 2.94. The zero-order valence-electron chi connectivity index (χ0n) is 16.8. The average molecular weight is 400 g/mol. The molecular formula is C19H25FN8O. The molecule has 10 heteroatoms. The molecule has 0 aliphatic heterocycles. The van der Waals surface area contributed by atoms with E-state index in [1.165, 1.54) is 0 Å². The highest BCUT2D eigenvalue weighted by Crippen LogP contribution is 2.26. The molecule has 0 spiro atoms. The van der Waals surface area contributed by atoms with Crippen molar-refractivity contribution >= 4 is 34.3 Å². The molecular weight excluding hydrogens is 375 g/mol. The predicted molar refractivity (Wildman–Crippen MR) is 111 cm³/mol. The highest BCUT2D eigenvalue weighted by atomic mass is 19.1. The van der Waals surface area contributed by atoms with Crippen molar-refractivity contribution in [3.05, 3.63) is 35.4 Å². The van der Waals surface area contributed by atoms with Crippen LogP contribution in [0.15, 0.2) is 18.3 Å². The van der Waals surface area contributed by atoms with Crippen molar-refractivity contribution in [3.8, 4) is 0 Å². The van der Waals surface area contributed by atoms with Gasteiger partial charge in [-0.15, -0.1) is 0 Å². The molecule has 3 aromatic heterocycles. The van der Waals surface area contributed by atoms with Gasteiger partial charge in [-0.05, 0) is 32.4 Å². The second-order valence-electron chi connectivity index (χ2n) is 7.03. The fourth-order valence-corrected chi connectivity index (χ4v) is 3.17. The maximum Gasteiger partial charge on any atom is 0.252 e. The third kappa shape index (κ3) is 4.11. The van der Waals surface area contributed by atoms with Crippen LogP contribution in [0.2, 0.25) is 0 Å². The molecule has 0 radical (unpaired) electrons. The summed E-state index contributed by atoms with van der Waals surface area (Å²) in [6, 6.07) is 2.51. The Morgan fingerprint density at radius 3 is 2.69 bits per heavy atom. The minimum Gasteiger partial charge on any atom is -0.365 e.